The van der Waals surface area contributed by atoms with Gasteiger partial charge in [-0.2, -0.15) is 0 Å². The lowest BCUT2D eigenvalue weighted by molar-refractivity contribution is 0.0920. The van der Waals surface area contributed by atoms with E-state index < -0.39 is 0 Å². The zero-order valence-corrected chi connectivity index (χ0v) is 13.8. The second kappa shape index (κ2) is 7.94. The predicted molar refractivity (Wildman–Crippen MR) is 91.8 cm³/mol. The molecule has 0 atom stereocenters. The van der Waals surface area contributed by atoms with Crippen molar-refractivity contribution >= 4 is 18.3 Å². The number of hydrogen-bond acceptors (Lipinski definition) is 4. The number of rotatable bonds is 4. The lowest BCUT2D eigenvalue weighted by atomic mass is 10.1. The van der Waals surface area contributed by atoms with Crippen molar-refractivity contribution in [3.63, 3.8) is 0 Å². The molecule has 23 heavy (non-hydrogen) atoms. The van der Waals surface area contributed by atoms with Gasteiger partial charge in [-0.1, -0.05) is 46.6 Å². The lowest BCUT2D eigenvalue weighted by Crippen LogP contribution is -2.29. The molecular formula is C17H20ClN3O2. The summed E-state index contributed by atoms with van der Waals surface area (Å²) in [4.78, 5) is 12.1. The molecule has 122 valence electrons. The molecule has 1 amide bonds. The fourth-order valence-corrected chi connectivity index (χ4v) is 2.35. The Labute approximate surface area is 141 Å². The molecule has 0 saturated carbocycles. The summed E-state index contributed by atoms with van der Waals surface area (Å²) in [5.41, 5.74) is 4.03. The maximum atomic E-state index is 12.1. The Morgan fingerprint density at radius 3 is 2.83 bits per heavy atom. The molecular weight excluding hydrogens is 314 g/mol. The Kier molecular flexibility index (Phi) is 5.96. The lowest BCUT2D eigenvalue weighted by Gasteiger charge is -2.13. The van der Waals surface area contributed by atoms with Crippen molar-refractivity contribution in [2.24, 2.45) is 0 Å². The second-order valence-electron chi connectivity index (χ2n) is 5.44. The van der Waals surface area contributed by atoms with Crippen LogP contribution in [0.1, 0.15) is 22.5 Å². The average molecular weight is 334 g/mol. The highest BCUT2D eigenvalue weighted by Gasteiger charge is 2.14. The first-order valence-corrected chi connectivity index (χ1v) is 7.43. The second-order valence-corrected chi connectivity index (χ2v) is 5.44. The van der Waals surface area contributed by atoms with Crippen LogP contribution in [0.3, 0.4) is 0 Å². The Balaban J connectivity index is 0.00000192. The summed E-state index contributed by atoms with van der Waals surface area (Å²) in [6.45, 7) is 4.41. The molecule has 0 bridgehead atoms. The Morgan fingerprint density at radius 1 is 1.35 bits per heavy atom. The number of nitrogens with one attached hydrogen (secondary N) is 2. The van der Waals surface area contributed by atoms with E-state index in [1.807, 2.05) is 31.2 Å². The van der Waals surface area contributed by atoms with Crippen molar-refractivity contribution < 1.29 is 9.32 Å². The van der Waals surface area contributed by atoms with E-state index in [9.17, 15) is 4.79 Å². The number of amides is 1. The van der Waals surface area contributed by atoms with Gasteiger partial charge < -0.3 is 15.2 Å². The molecule has 0 unspecified atom stereocenters. The van der Waals surface area contributed by atoms with E-state index in [4.69, 9.17) is 4.52 Å². The number of carbonyl (C=O) groups excluding carboxylic acids is 1. The molecule has 1 aromatic heterocycles. The third-order valence-corrected chi connectivity index (χ3v) is 3.72. The van der Waals surface area contributed by atoms with Crippen molar-refractivity contribution in [3.8, 4) is 11.3 Å². The van der Waals surface area contributed by atoms with Crippen LogP contribution in [0.25, 0.3) is 11.3 Å². The monoisotopic (exact) mass is 333 g/mol. The molecule has 0 radical (unpaired) electrons. The molecule has 0 aliphatic carbocycles. The number of aromatic nitrogens is 1. The number of benzene rings is 1. The number of halogens is 1. The van der Waals surface area contributed by atoms with Crippen LogP contribution in [0, 0.1) is 6.92 Å². The normalized spacial score (nSPS) is 13.9. The first-order valence-electron chi connectivity index (χ1n) is 7.43. The zero-order chi connectivity index (χ0) is 15.4. The van der Waals surface area contributed by atoms with Crippen LogP contribution in [-0.2, 0) is 0 Å². The molecule has 3 rings (SSSR count). The van der Waals surface area contributed by atoms with Crippen molar-refractivity contribution in [1.82, 2.24) is 15.8 Å². The average Bonchev–Trinajstić information content (AvgIpc) is 3.04. The number of aryl methyl sites for hydroxylation is 1. The van der Waals surface area contributed by atoms with Gasteiger partial charge in [0.2, 0.25) is 5.76 Å². The van der Waals surface area contributed by atoms with Crippen LogP contribution in [0.2, 0.25) is 0 Å². The van der Waals surface area contributed by atoms with Crippen LogP contribution in [0.15, 0.2) is 46.5 Å². The van der Waals surface area contributed by atoms with Crippen LogP contribution in [-0.4, -0.2) is 30.7 Å². The summed E-state index contributed by atoms with van der Waals surface area (Å²) in [6, 6.07) is 9.63. The van der Waals surface area contributed by atoms with Gasteiger partial charge in [-0.3, -0.25) is 4.79 Å². The quantitative estimate of drug-likeness (QED) is 0.844. The largest absolute Gasteiger partial charge is 0.350 e. The van der Waals surface area contributed by atoms with E-state index in [1.54, 1.807) is 6.07 Å². The molecule has 1 aromatic carbocycles. The molecule has 0 spiro atoms. The van der Waals surface area contributed by atoms with E-state index in [0.717, 1.165) is 25.1 Å². The minimum Gasteiger partial charge on any atom is -0.350 e. The van der Waals surface area contributed by atoms with Crippen LogP contribution >= 0.6 is 12.4 Å². The van der Waals surface area contributed by atoms with E-state index in [2.05, 4.69) is 21.9 Å². The smallest absolute Gasteiger partial charge is 0.290 e. The molecule has 5 nitrogen and oxygen atoms in total. The summed E-state index contributed by atoms with van der Waals surface area (Å²) in [5, 5.41) is 10.1. The van der Waals surface area contributed by atoms with Gasteiger partial charge >= 0.3 is 0 Å². The standard InChI is InChI=1S/C17H19N3O2.ClH/c1-12-2-4-14(5-3-12)15-10-16(22-20-15)17(21)19-11-13-6-8-18-9-7-13;/h2-6,10,18H,7-9,11H2,1H3,(H,19,21);1H. The molecule has 0 fully saturated rings. The van der Waals surface area contributed by atoms with E-state index in [-0.39, 0.29) is 24.1 Å². The topological polar surface area (TPSA) is 67.2 Å². The Bertz CT molecular complexity index is 692. The predicted octanol–water partition coefficient (Wildman–Crippen LogP) is 2.72. The highest BCUT2D eigenvalue weighted by molar-refractivity contribution is 5.92. The minimum atomic E-state index is -0.231. The minimum absolute atomic E-state index is 0. The molecule has 2 heterocycles. The first kappa shape index (κ1) is 17.2. The highest BCUT2D eigenvalue weighted by atomic mass is 35.5. The first-order chi connectivity index (χ1) is 10.7. The van der Waals surface area contributed by atoms with Gasteiger partial charge in [0.1, 0.15) is 5.69 Å². The van der Waals surface area contributed by atoms with Crippen LogP contribution in [0.5, 0.6) is 0 Å². The Hall–Kier alpha value is -2.11. The third-order valence-electron chi connectivity index (χ3n) is 3.72. The summed E-state index contributed by atoms with van der Waals surface area (Å²) in [7, 11) is 0. The summed E-state index contributed by atoms with van der Waals surface area (Å²) in [5.74, 6) is 0.00963. The summed E-state index contributed by atoms with van der Waals surface area (Å²) in [6.07, 6.45) is 3.08. The summed E-state index contributed by atoms with van der Waals surface area (Å²) >= 11 is 0. The van der Waals surface area contributed by atoms with Gasteiger partial charge in [0, 0.05) is 24.7 Å². The SMILES string of the molecule is Cc1ccc(-c2cc(C(=O)NCC3=CCNCC3)on2)cc1.Cl. The fourth-order valence-electron chi connectivity index (χ4n) is 2.35. The maximum absolute atomic E-state index is 12.1. The fraction of sp³-hybridized carbons (Fsp3) is 0.294. The van der Waals surface area contributed by atoms with Crippen LogP contribution in [0.4, 0.5) is 0 Å². The van der Waals surface area contributed by atoms with Gasteiger partial charge in [-0.25, -0.2) is 0 Å². The maximum Gasteiger partial charge on any atom is 0.290 e. The molecule has 1 aliphatic heterocycles. The Morgan fingerprint density at radius 2 is 2.13 bits per heavy atom. The van der Waals surface area contributed by atoms with E-state index in [1.165, 1.54) is 11.1 Å². The zero-order valence-electron chi connectivity index (χ0n) is 13.0. The van der Waals surface area contributed by atoms with Crippen molar-refractivity contribution in [2.45, 2.75) is 13.3 Å². The number of nitrogens with zero attached hydrogens (tertiary/aromatic N) is 1. The van der Waals surface area contributed by atoms with Crippen molar-refractivity contribution in [3.05, 3.63) is 53.3 Å². The van der Waals surface area contributed by atoms with Gasteiger partial charge in [-0.15, -0.1) is 12.4 Å². The van der Waals surface area contributed by atoms with Crippen molar-refractivity contribution in [1.29, 1.82) is 0 Å². The highest BCUT2D eigenvalue weighted by Crippen LogP contribution is 2.19. The van der Waals surface area contributed by atoms with Gasteiger partial charge in [0.15, 0.2) is 0 Å². The third kappa shape index (κ3) is 4.43. The molecule has 2 aromatic rings. The molecule has 6 heteroatoms. The van der Waals surface area contributed by atoms with Gasteiger partial charge in [0.25, 0.3) is 5.91 Å². The molecule has 1 aliphatic rings. The van der Waals surface area contributed by atoms with Gasteiger partial charge in [0.05, 0.1) is 0 Å². The van der Waals surface area contributed by atoms with E-state index in [0.29, 0.717) is 12.2 Å². The van der Waals surface area contributed by atoms with Crippen LogP contribution < -0.4 is 10.6 Å². The molecule has 2 N–H and O–H groups in total. The number of carbonyl (C=O) groups is 1. The number of hydrogen-bond donors (Lipinski definition) is 2. The molecule has 0 saturated heterocycles. The van der Waals surface area contributed by atoms with E-state index >= 15 is 0 Å². The van der Waals surface area contributed by atoms with Gasteiger partial charge in [-0.05, 0) is 19.9 Å². The van der Waals surface area contributed by atoms with Crippen molar-refractivity contribution in [2.75, 3.05) is 19.6 Å². The summed E-state index contributed by atoms with van der Waals surface area (Å²) < 4.78 is 5.16.